The molecule has 190 valence electrons. The van der Waals surface area contributed by atoms with Gasteiger partial charge in [-0.2, -0.15) is 9.94 Å². The number of H-pyrrole nitrogens is 2. The van der Waals surface area contributed by atoms with Crippen LogP contribution in [0.2, 0.25) is 5.02 Å². The topological polar surface area (TPSA) is 144 Å². The number of aromatic nitrogens is 5. The van der Waals surface area contributed by atoms with E-state index in [4.69, 9.17) is 15.8 Å². The van der Waals surface area contributed by atoms with Gasteiger partial charge in [-0.1, -0.05) is 60.2 Å². The number of nitrogens with one attached hydrogen (secondary N) is 4. The van der Waals surface area contributed by atoms with E-state index in [9.17, 15) is 9.35 Å². The Hall–Kier alpha value is -2.96. The van der Waals surface area contributed by atoms with Gasteiger partial charge in [-0.3, -0.25) is 10.1 Å². The molecule has 10 nitrogen and oxygen atoms in total. The third-order valence-electron chi connectivity index (χ3n) is 6.46. The maximum Gasteiger partial charge on any atom is 0.269 e. The van der Waals surface area contributed by atoms with Gasteiger partial charge in [0.2, 0.25) is 5.91 Å². The van der Waals surface area contributed by atoms with E-state index < -0.39 is 10.8 Å². The summed E-state index contributed by atoms with van der Waals surface area (Å²) in [6, 6.07) is 13.6. The van der Waals surface area contributed by atoms with Crippen LogP contribution in [0.5, 0.6) is 0 Å². The molecule has 4 aromatic rings. The lowest BCUT2D eigenvalue weighted by Gasteiger charge is -2.38. The Morgan fingerprint density at radius 2 is 2.03 bits per heavy atom. The van der Waals surface area contributed by atoms with Gasteiger partial charge in [0, 0.05) is 22.5 Å². The largest absolute Gasteiger partial charge is 0.354 e. The lowest BCUT2D eigenvalue weighted by Crippen LogP contribution is -2.34. The smallest absolute Gasteiger partial charge is 0.269 e. The molecule has 0 aliphatic heterocycles. The number of hydrogen-bond donors (Lipinski definition) is 4. The van der Waals surface area contributed by atoms with Gasteiger partial charge in [0.1, 0.15) is 4.90 Å². The highest BCUT2D eigenvalue weighted by Crippen LogP contribution is 2.54. The second-order valence-electron chi connectivity index (χ2n) is 8.81. The number of halogens is 1. The Morgan fingerprint density at radius 1 is 1.22 bits per heavy atom. The summed E-state index contributed by atoms with van der Waals surface area (Å²) in [5.74, 6) is -0.153. The fourth-order valence-corrected chi connectivity index (χ4v) is 6.90. The van der Waals surface area contributed by atoms with E-state index in [1.54, 1.807) is 13.2 Å². The van der Waals surface area contributed by atoms with E-state index in [1.165, 1.54) is 6.42 Å². The molecule has 36 heavy (non-hydrogen) atoms. The van der Waals surface area contributed by atoms with E-state index >= 15 is 0 Å². The van der Waals surface area contributed by atoms with Crippen LogP contribution in [0.3, 0.4) is 0 Å². The third kappa shape index (κ3) is 5.11. The summed E-state index contributed by atoms with van der Waals surface area (Å²) >= 11 is 6.63. The molecule has 1 unspecified atom stereocenters. The molecule has 0 bridgehead atoms. The van der Waals surface area contributed by atoms with Crippen molar-refractivity contribution in [3.05, 3.63) is 53.1 Å². The Labute approximate surface area is 215 Å². The Bertz CT molecular complexity index is 1360. The molecule has 1 amide bonds. The summed E-state index contributed by atoms with van der Waals surface area (Å²) in [5.41, 5.74) is 3.33. The summed E-state index contributed by atoms with van der Waals surface area (Å²) in [6.07, 6.45) is 5.66. The average molecular weight is 531 g/mol. The molecule has 1 atom stereocenters. The molecule has 2 heterocycles. The zero-order chi connectivity index (χ0) is 25.1. The molecule has 1 aliphatic carbocycles. The summed E-state index contributed by atoms with van der Waals surface area (Å²) < 4.78 is 18.4. The molecule has 1 saturated carbocycles. The van der Waals surface area contributed by atoms with Crippen molar-refractivity contribution in [1.82, 2.24) is 30.3 Å². The molecule has 1 fully saturated rings. The molecular weight excluding hydrogens is 502 g/mol. The summed E-state index contributed by atoms with van der Waals surface area (Å²) in [4.78, 5) is 16.9. The SMILES string of the molecule is COS([OH2+])(NC1CCCCC1)c1cc(-c2[nH]c3ccccc3c2CC(=O)Nc2nn[nH]n2)ccc1Cl. The third-order valence-corrected chi connectivity index (χ3v) is 9.03. The van der Waals surface area contributed by atoms with Crippen molar-refractivity contribution in [3.63, 3.8) is 0 Å². The Kier molecular flexibility index (Phi) is 7.26. The zero-order valence-corrected chi connectivity index (χ0v) is 21.4. The highest BCUT2D eigenvalue weighted by atomic mass is 35.5. The van der Waals surface area contributed by atoms with Crippen LogP contribution in [0.4, 0.5) is 5.95 Å². The first-order chi connectivity index (χ1) is 17.5. The first-order valence-corrected chi connectivity index (χ1v) is 13.7. The minimum Gasteiger partial charge on any atom is -0.354 e. The fourth-order valence-electron chi connectivity index (χ4n) is 4.71. The first kappa shape index (κ1) is 24.7. The quantitative estimate of drug-likeness (QED) is 0.249. The molecule has 2 aromatic heterocycles. The molecule has 0 radical (unpaired) electrons. The second kappa shape index (κ2) is 10.6. The molecule has 5 rings (SSSR count). The number of nitrogens with zero attached hydrogens (tertiary/aromatic N) is 3. The van der Waals surface area contributed by atoms with Crippen LogP contribution >= 0.6 is 22.4 Å². The van der Waals surface area contributed by atoms with Crippen LogP contribution in [0.1, 0.15) is 37.7 Å². The van der Waals surface area contributed by atoms with Crippen molar-refractivity contribution >= 4 is 45.1 Å². The van der Waals surface area contributed by atoms with Crippen molar-refractivity contribution in [2.75, 3.05) is 12.4 Å². The van der Waals surface area contributed by atoms with Crippen LogP contribution < -0.4 is 10.0 Å². The number of carbonyl (C=O) groups is 1. The Balaban J connectivity index is 1.52. The monoisotopic (exact) mass is 530 g/mol. The average Bonchev–Trinajstić information content (AvgIpc) is 3.53. The number of aromatic amines is 2. The molecule has 0 spiro atoms. The molecule has 2 aromatic carbocycles. The molecule has 12 heteroatoms. The summed E-state index contributed by atoms with van der Waals surface area (Å²) in [7, 11) is -1.02. The van der Waals surface area contributed by atoms with Crippen LogP contribution in [-0.2, 0) is 15.4 Å². The van der Waals surface area contributed by atoms with Crippen molar-refractivity contribution in [2.45, 2.75) is 49.5 Å². The van der Waals surface area contributed by atoms with Crippen molar-refractivity contribution in [3.8, 4) is 11.3 Å². The maximum atomic E-state index is 12.8. The number of rotatable bonds is 8. The molecule has 1 aliphatic rings. The number of para-hydroxylation sites is 1. The summed E-state index contributed by atoms with van der Waals surface area (Å²) in [6.45, 7) is 0. The number of tetrazole rings is 1. The molecule has 6 N–H and O–H groups in total. The highest BCUT2D eigenvalue weighted by Gasteiger charge is 2.31. The van der Waals surface area contributed by atoms with Gasteiger partial charge < -0.3 is 9.54 Å². The highest BCUT2D eigenvalue weighted by molar-refractivity contribution is 8.23. The Morgan fingerprint density at radius 3 is 2.78 bits per heavy atom. The van der Waals surface area contributed by atoms with Gasteiger partial charge >= 0.3 is 0 Å². The lowest BCUT2D eigenvalue weighted by molar-refractivity contribution is -0.115. The van der Waals surface area contributed by atoms with Gasteiger partial charge in [-0.15, -0.1) is 5.10 Å². The molecule has 0 saturated heterocycles. The predicted molar refractivity (Wildman–Crippen MR) is 142 cm³/mol. The zero-order valence-electron chi connectivity index (χ0n) is 19.8. The minimum atomic E-state index is -2.57. The van der Waals surface area contributed by atoms with Crippen LogP contribution in [-0.4, -0.2) is 49.2 Å². The molecular formula is C24H29ClN7O3S+. The first-order valence-electron chi connectivity index (χ1n) is 11.8. The number of fused-ring (bicyclic) bond motifs is 1. The maximum absolute atomic E-state index is 12.8. The van der Waals surface area contributed by atoms with Crippen molar-refractivity contribution < 1.29 is 13.5 Å². The van der Waals surface area contributed by atoms with Gasteiger partial charge in [-0.05, 0) is 52.6 Å². The summed E-state index contributed by atoms with van der Waals surface area (Å²) in [5, 5.41) is 17.5. The standard InChI is InChI=1S/C24H28ClN7O3S/c1-35-36(34,30-16-7-3-2-4-8-16)21-13-15(11-12-19(21)25)23-18(17-9-5-6-10-20(17)26-23)14-22(33)27-24-28-31-32-29-24/h5-6,9-13,16,26,30,34H,2-4,7-8,14H2,1H3,(H2,27,28,29,31,32,33)/p+1. The minimum absolute atomic E-state index is 0.0926. The normalized spacial score (nSPS) is 17.1. The van der Waals surface area contributed by atoms with Crippen LogP contribution in [0.25, 0.3) is 22.2 Å². The van der Waals surface area contributed by atoms with Gasteiger partial charge in [-0.25, -0.2) is 4.18 Å². The number of carbonyl (C=O) groups excluding carboxylic acids is 1. The fraction of sp³-hybridized carbons (Fsp3) is 0.333. The predicted octanol–water partition coefficient (Wildman–Crippen LogP) is 4.38. The lowest BCUT2D eigenvalue weighted by atomic mass is 9.96. The number of anilines is 1. The van der Waals surface area contributed by atoms with E-state index in [0.29, 0.717) is 9.92 Å². The van der Waals surface area contributed by atoms with Crippen molar-refractivity contribution in [1.29, 1.82) is 0 Å². The number of amides is 1. The van der Waals surface area contributed by atoms with Gasteiger partial charge in [0.05, 0.1) is 24.2 Å². The van der Waals surface area contributed by atoms with Gasteiger partial charge in [0.15, 0.2) is 0 Å². The van der Waals surface area contributed by atoms with E-state index in [0.717, 1.165) is 53.4 Å². The van der Waals surface area contributed by atoms with E-state index in [1.807, 2.05) is 36.4 Å². The second-order valence-corrected chi connectivity index (χ2v) is 11.3. The van der Waals surface area contributed by atoms with E-state index in [2.05, 4.69) is 35.6 Å². The van der Waals surface area contributed by atoms with Crippen LogP contribution in [0, 0.1) is 0 Å². The number of benzene rings is 2. The van der Waals surface area contributed by atoms with Crippen LogP contribution in [0.15, 0.2) is 47.4 Å². The van der Waals surface area contributed by atoms with Crippen molar-refractivity contribution in [2.24, 2.45) is 0 Å². The van der Waals surface area contributed by atoms with E-state index in [-0.39, 0.29) is 24.3 Å². The van der Waals surface area contributed by atoms with Gasteiger partial charge in [0.25, 0.3) is 5.95 Å². The number of hydrogen-bond acceptors (Lipinski definition) is 6.